The minimum Gasteiger partial charge on any atom is -0.387 e. The summed E-state index contributed by atoms with van der Waals surface area (Å²) in [5.74, 6) is 2.47. The van der Waals surface area contributed by atoms with Crippen molar-refractivity contribution in [1.82, 2.24) is 5.32 Å². The molecule has 17 heavy (non-hydrogen) atoms. The molecule has 1 aliphatic heterocycles. The fourth-order valence-electron chi connectivity index (χ4n) is 2.18. The van der Waals surface area contributed by atoms with Gasteiger partial charge in [-0.3, -0.25) is 0 Å². The van der Waals surface area contributed by atoms with Gasteiger partial charge in [-0.25, -0.2) is 0 Å². The molecular weight excluding hydrogens is 230 g/mol. The van der Waals surface area contributed by atoms with Gasteiger partial charge in [-0.1, -0.05) is 29.8 Å². The highest BCUT2D eigenvalue weighted by atomic mass is 32.2. The van der Waals surface area contributed by atoms with Crippen LogP contribution in [0, 0.1) is 6.92 Å². The number of hydrogen-bond donors (Lipinski definition) is 2. The zero-order chi connectivity index (χ0) is 12.1. The highest BCUT2D eigenvalue weighted by molar-refractivity contribution is 7.99. The van der Waals surface area contributed by atoms with Gasteiger partial charge in [-0.15, -0.1) is 0 Å². The molecule has 0 aliphatic carbocycles. The molecule has 1 saturated heterocycles. The fourth-order valence-corrected chi connectivity index (χ4v) is 3.28. The molecule has 1 aromatic carbocycles. The number of nitrogens with one attached hydrogen (secondary N) is 1. The second kappa shape index (κ2) is 6.43. The van der Waals surface area contributed by atoms with Crippen LogP contribution in [0.5, 0.6) is 0 Å². The van der Waals surface area contributed by atoms with Crippen LogP contribution in [-0.4, -0.2) is 29.2 Å². The summed E-state index contributed by atoms with van der Waals surface area (Å²) in [6.45, 7) is 2.72. The molecule has 1 aromatic rings. The molecule has 0 unspecified atom stereocenters. The van der Waals surface area contributed by atoms with E-state index in [2.05, 4.69) is 24.4 Å². The molecule has 1 fully saturated rings. The molecule has 0 aromatic heterocycles. The van der Waals surface area contributed by atoms with Gasteiger partial charge in [0.05, 0.1) is 6.10 Å². The quantitative estimate of drug-likeness (QED) is 0.862. The number of thioether (sulfide) groups is 1. The molecule has 2 rings (SSSR count). The smallest absolute Gasteiger partial charge is 0.0914 e. The van der Waals surface area contributed by atoms with Crippen LogP contribution in [0.2, 0.25) is 0 Å². The lowest BCUT2D eigenvalue weighted by molar-refractivity contribution is 0.170. The molecule has 0 bridgehead atoms. The van der Waals surface area contributed by atoms with E-state index in [0.29, 0.717) is 12.6 Å². The summed E-state index contributed by atoms with van der Waals surface area (Å²) in [6.07, 6.45) is 2.15. The van der Waals surface area contributed by atoms with E-state index < -0.39 is 0 Å². The van der Waals surface area contributed by atoms with Crippen LogP contribution in [0.15, 0.2) is 24.3 Å². The molecule has 94 valence electrons. The van der Waals surface area contributed by atoms with E-state index in [1.807, 2.05) is 23.9 Å². The van der Waals surface area contributed by atoms with Crippen LogP contribution in [-0.2, 0) is 0 Å². The lowest BCUT2D eigenvalue weighted by Gasteiger charge is -2.24. The van der Waals surface area contributed by atoms with Crippen molar-refractivity contribution >= 4 is 11.8 Å². The van der Waals surface area contributed by atoms with Gasteiger partial charge < -0.3 is 10.4 Å². The van der Waals surface area contributed by atoms with E-state index in [0.717, 1.165) is 5.56 Å². The fraction of sp³-hybridized carbons (Fsp3) is 0.571. The first-order chi connectivity index (χ1) is 8.25. The summed E-state index contributed by atoms with van der Waals surface area (Å²) in [6, 6.07) is 8.69. The van der Waals surface area contributed by atoms with Crippen LogP contribution in [0.4, 0.5) is 0 Å². The maximum Gasteiger partial charge on any atom is 0.0914 e. The number of hydrogen-bond acceptors (Lipinski definition) is 3. The van der Waals surface area contributed by atoms with Crippen molar-refractivity contribution in [3.05, 3.63) is 35.4 Å². The first kappa shape index (κ1) is 12.9. The van der Waals surface area contributed by atoms with E-state index in [1.165, 1.54) is 29.9 Å². The highest BCUT2D eigenvalue weighted by Gasteiger charge is 2.15. The molecule has 0 amide bonds. The van der Waals surface area contributed by atoms with Gasteiger partial charge in [0.2, 0.25) is 0 Å². The normalized spacial score (nSPS) is 22.4. The Bertz CT molecular complexity index is 350. The maximum atomic E-state index is 10.1. The Morgan fingerprint density at radius 3 is 3.12 bits per heavy atom. The summed E-state index contributed by atoms with van der Waals surface area (Å²) in [5, 5.41) is 13.6. The Labute approximate surface area is 108 Å². The zero-order valence-electron chi connectivity index (χ0n) is 10.4. The van der Waals surface area contributed by atoms with Gasteiger partial charge in [-0.05, 0) is 31.1 Å². The maximum absolute atomic E-state index is 10.1. The lowest BCUT2D eigenvalue weighted by Crippen LogP contribution is -2.36. The third kappa shape index (κ3) is 4.02. The monoisotopic (exact) mass is 251 g/mol. The molecular formula is C14H21NOS. The predicted molar refractivity (Wildman–Crippen MR) is 74.5 cm³/mol. The third-order valence-corrected chi connectivity index (χ3v) is 4.40. The van der Waals surface area contributed by atoms with Gasteiger partial charge >= 0.3 is 0 Å². The number of aliphatic hydroxyl groups excluding tert-OH is 1. The topological polar surface area (TPSA) is 32.3 Å². The number of aliphatic hydroxyl groups is 1. The number of aryl methyl sites for hydroxylation is 1. The van der Waals surface area contributed by atoms with E-state index in [4.69, 9.17) is 0 Å². The summed E-state index contributed by atoms with van der Waals surface area (Å²) in [5.41, 5.74) is 2.22. The van der Waals surface area contributed by atoms with Crippen molar-refractivity contribution in [2.24, 2.45) is 0 Å². The number of rotatable bonds is 4. The molecule has 0 spiro atoms. The van der Waals surface area contributed by atoms with Gasteiger partial charge in [0.15, 0.2) is 0 Å². The lowest BCUT2D eigenvalue weighted by atomic mass is 10.1. The van der Waals surface area contributed by atoms with Crippen molar-refractivity contribution in [2.75, 3.05) is 18.1 Å². The number of benzene rings is 1. The van der Waals surface area contributed by atoms with Crippen LogP contribution in [0.1, 0.15) is 30.1 Å². The molecule has 2 atom stereocenters. The minimum absolute atomic E-state index is 0.387. The molecule has 2 nitrogen and oxygen atoms in total. The van der Waals surface area contributed by atoms with Crippen molar-refractivity contribution < 1.29 is 5.11 Å². The van der Waals surface area contributed by atoms with Gasteiger partial charge in [0.1, 0.15) is 0 Å². The summed E-state index contributed by atoms with van der Waals surface area (Å²) in [7, 11) is 0. The summed E-state index contributed by atoms with van der Waals surface area (Å²) >= 11 is 2.01. The van der Waals surface area contributed by atoms with Crippen molar-refractivity contribution in [1.29, 1.82) is 0 Å². The molecule has 2 N–H and O–H groups in total. The summed E-state index contributed by atoms with van der Waals surface area (Å²) in [4.78, 5) is 0. The average molecular weight is 251 g/mol. The highest BCUT2D eigenvalue weighted by Crippen LogP contribution is 2.18. The van der Waals surface area contributed by atoms with Crippen molar-refractivity contribution in [2.45, 2.75) is 31.9 Å². The van der Waals surface area contributed by atoms with Crippen molar-refractivity contribution in [3.63, 3.8) is 0 Å². The first-order valence-corrected chi connectivity index (χ1v) is 7.47. The van der Waals surface area contributed by atoms with Crippen LogP contribution in [0.3, 0.4) is 0 Å². The van der Waals surface area contributed by atoms with E-state index >= 15 is 0 Å². The van der Waals surface area contributed by atoms with E-state index in [1.54, 1.807) is 0 Å². The van der Waals surface area contributed by atoms with E-state index in [-0.39, 0.29) is 6.10 Å². The largest absolute Gasteiger partial charge is 0.387 e. The minimum atomic E-state index is -0.387. The molecule has 3 heteroatoms. The zero-order valence-corrected chi connectivity index (χ0v) is 11.2. The SMILES string of the molecule is Cc1cccc([C@@H](O)CN[C@@H]2CCCSC2)c1. The van der Waals surface area contributed by atoms with Gasteiger partial charge in [-0.2, -0.15) is 11.8 Å². The molecule has 0 saturated carbocycles. The third-order valence-electron chi connectivity index (χ3n) is 3.19. The van der Waals surface area contributed by atoms with Crippen LogP contribution < -0.4 is 5.32 Å². The van der Waals surface area contributed by atoms with Crippen LogP contribution >= 0.6 is 11.8 Å². The Morgan fingerprint density at radius 1 is 1.53 bits per heavy atom. The van der Waals surface area contributed by atoms with E-state index in [9.17, 15) is 5.11 Å². The Balaban J connectivity index is 1.82. The first-order valence-electron chi connectivity index (χ1n) is 6.31. The molecule has 1 heterocycles. The van der Waals surface area contributed by atoms with Crippen LogP contribution in [0.25, 0.3) is 0 Å². The Morgan fingerprint density at radius 2 is 2.41 bits per heavy atom. The van der Waals surface area contributed by atoms with Gasteiger partial charge in [0.25, 0.3) is 0 Å². The second-order valence-corrected chi connectivity index (χ2v) is 5.90. The van der Waals surface area contributed by atoms with Crippen molar-refractivity contribution in [3.8, 4) is 0 Å². The molecule has 0 radical (unpaired) electrons. The Hall–Kier alpha value is -0.510. The standard InChI is InChI=1S/C14H21NOS/c1-11-4-2-5-12(8-11)14(16)9-15-13-6-3-7-17-10-13/h2,4-5,8,13-16H,3,6-7,9-10H2,1H3/t13-,14+/m1/s1. The average Bonchev–Trinajstić information content (AvgIpc) is 2.37. The Kier molecular flexibility index (Phi) is 4.89. The summed E-state index contributed by atoms with van der Waals surface area (Å²) < 4.78 is 0. The second-order valence-electron chi connectivity index (χ2n) is 4.75. The van der Waals surface area contributed by atoms with Gasteiger partial charge in [0, 0.05) is 18.3 Å². The molecule has 1 aliphatic rings. The predicted octanol–water partition coefficient (Wildman–Crippen LogP) is 2.51.